The minimum absolute atomic E-state index is 0.345. The van der Waals surface area contributed by atoms with Gasteiger partial charge in [-0.15, -0.1) is 0 Å². The Balaban J connectivity index is 1.90. The quantitative estimate of drug-likeness (QED) is 0.403. The van der Waals surface area contributed by atoms with Crippen molar-refractivity contribution in [3.63, 3.8) is 0 Å². The molecule has 0 unspecified atom stereocenters. The zero-order valence-electron chi connectivity index (χ0n) is 16.3. The summed E-state index contributed by atoms with van der Waals surface area (Å²) in [5, 5.41) is 1.66. The zero-order chi connectivity index (χ0) is 19.4. The number of hydrogen-bond acceptors (Lipinski definition) is 4. The summed E-state index contributed by atoms with van der Waals surface area (Å²) in [6.45, 7) is 8.65. The van der Waals surface area contributed by atoms with Crippen LogP contribution in [0.5, 0.6) is 11.5 Å². The van der Waals surface area contributed by atoms with Crippen LogP contribution in [0.3, 0.4) is 0 Å². The molecule has 0 saturated carbocycles. The van der Waals surface area contributed by atoms with Crippen LogP contribution in [-0.2, 0) is 4.74 Å². The van der Waals surface area contributed by atoms with E-state index in [2.05, 4.69) is 31.0 Å². The van der Waals surface area contributed by atoms with Gasteiger partial charge in [0.2, 0.25) is 0 Å². The van der Waals surface area contributed by atoms with E-state index in [-0.39, 0.29) is 5.97 Å². The lowest BCUT2D eigenvalue weighted by Crippen LogP contribution is -2.09. The first-order valence-electron chi connectivity index (χ1n) is 9.31. The van der Waals surface area contributed by atoms with E-state index in [1.54, 1.807) is 6.20 Å². The molecule has 140 valence electrons. The Labute approximate surface area is 160 Å². The van der Waals surface area contributed by atoms with Gasteiger partial charge in [0.05, 0.1) is 6.61 Å². The van der Waals surface area contributed by atoms with Gasteiger partial charge in [0.1, 0.15) is 11.5 Å². The molecule has 3 rings (SSSR count). The van der Waals surface area contributed by atoms with Crippen LogP contribution < -0.4 is 4.74 Å². The molecular formula is C23H25NO3. The average Bonchev–Trinajstić information content (AvgIpc) is 2.64. The second kappa shape index (κ2) is 8.21. The van der Waals surface area contributed by atoms with Crippen molar-refractivity contribution in [3.8, 4) is 11.5 Å². The summed E-state index contributed by atoms with van der Waals surface area (Å²) in [5.74, 6) is 1.22. The highest BCUT2D eigenvalue weighted by Gasteiger charge is 2.14. The van der Waals surface area contributed by atoms with E-state index in [1.165, 1.54) is 5.56 Å². The zero-order valence-corrected chi connectivity index (χ0v) is 16.3. The lowest BCUT2D eigenvalue weighted by Gasteiger charge is -2.14. The molecule has 3 aromatic rings. The first kappa shape index (κ1) is 18.9. The van der Waals surface area contributed by atoms with Crippen LogP contribution in [-0.4, -0.2) is 17.6 Å². The van der Waals surface area contributed by atoms with E-state index < -0.39 is 0 Å². The Kier molecular flexibility index (Phi) is 5.75. The maximum absolute atomic E-state index is 12.3. The second-order valence-corrected chi connectivity index (χ2v) is 6.86. The van der Waals surface area contributed by atoms with Crippen molar-refractivity contribution in [2.75, 3.05) is 6.61 Å². The number of carbonyl (C=O) groups is 1. The van der Waals surface area contributed by atoms with Gasteiger partial charge in [0, 0.05) is 11.6 Å². The number of fused-ring (bicyclic) bond motifs is 1. The molecule has 0 aliphatic heterocycles. The number of carbonyl (C=O) groups excluding carboxylic acids is 1. The molecule has 0 fully saturated rings. The highest BCUT2D eigenvalue weighted by molar-refractivity contribution is 6.02. The van der Waals surface area contributed by atoms with Crippen molar-refractivity contribution in [1.82, 2.24) is 4.98 Å². The molecule has 4 heteroatoms. The fourth-order valence-corrected chi connectivity index (χ4v) is 3.21. The highest BCUT2D eigenvalue weighted by Crippen LogP contribution is 2.32. The predicted octanol–water partition coefficient (Wildman–Crippen LogP) is 5.91. The Bertz CT molecular complexity index is 956. The minimum atomic E-state index is -0.382. The van der Waals surface area contributed by atoms with Crippen molar-refractivity contribution in [2.24, 2.45) is 0 Å². The van der Waals surface area contributed by atoms with Crippen LogP contribution in [0.15, 0.2) is 42.6 Å². The molecule has 0 saturated heterocycles. The third-order valence-corrected chi connectivity index (χ3v) is 4.48. The third-order valence-electron chi connectivity index (χ3n) is 4.48. The van der Waals surface area contributed by atoms with Crippen LogP contribution in [0, 0.1) is 20.8 Å². The molecule has 0 atom stereocenters. The molecule has 1 heterocycles. The Morgan fingerprint density at radius 1 is 1.04 bits per heavy atom. The first-order chi connectivity index (χ1) is 13.0. The summed E-state index contributed by atoms with van der Waals surface area (Å²) in [6.07, 6.45) is 3.46. The monoisotopic (exact) mass is 363 g/mol. The van der Waals surface area contributed by atoms with Gasteiger partial charge >= 0.3 is 5.97 Å². The Morgan fingerprint density at radius 3 is 2.48 bits per heavy atom. The number of esters is 1. The van der Waals surface area contributed by atoms with Crippen LogP contribution in [0.2, 0.25) is 0 Å². The number of aryl methyl sites for hydroxylation is 3. The van der Waals surface area contributed by atoms with Crippen LogP contribution in [0.25, 0.3) is 10.8 Å². The molecule has 2 aromatic carbocycles. The van der Waals surface area contributed by atoms with Crippen molar-refractivity contribution in [2.45, 2.75) is 40.5 Å². The number of aromatic nitrogens is 1. The number of unbranched alkanes of at least 4 members (excludes halogenated alkanes) is 1. The van der Waals surface area contributed by atoms with E-state index in [9.17, 15) is 4.79 Å². The summed E-state index contributed by atoms with van der Waals surface area (Å²) < 4.78 is 11.5. The lowest BCUT2D eigenvalue weighted by atomic mass is 10.1. The first-order valence-corrected chi connectivity index (χ1v) is 9.31. The number of ether oxygens (including phenoxy) is 2. The van der Waals surface area contributed by atoms with Crippen LogP contribution in [0.1, 0.15) is 46.9 Å². The predicted molar refractivity (Wildman–Crippen MR) is 108 cm³/mol. The molecule has 27 heavy (non-hydrogen) atoms. The number of rotatable bonds is 6. The summed E-state index contributed by atoms with van der Waals surface area (Å²) in [4.78, 5) is 16.5. The summed E-state index contributed by atoms with van der Waals surface area (Å²) in [6, 6.07) is 11.8. The molecular weight excluding hydrogens is 338 g/mol. The number of nitrogens with zero attached hydrogens (tertiary/aromatic N) is 1. The summed E-state index contributed by atoms with van der Waals surface area (Å²) in [7, 11) is 0. The van der Waals surface area contributed by atoms with Gasteiger partial charge in [-0.2, -0.15) is 0 Å². The molecule has 0 bridgehead atoms. The number of pyridine rings is 1. The van der Waals surface area contributed by atoms with Gasteiger partial charge in [-0.1, -0.05) is 31.0 Å². The van der Waals surface area contributed by atoms with Crippen LogP contribution >= 0.6 is 0 Å². The fourth-order valence-electron chi connectivity index (χ4n) is 3.21. The smallest absolute Gasteiger partial charge is 0.357 e. The second-order valence-electron chi connectivity index (χ2n) is 6.86. The molecule has 0 N–H and O–H groups in total. The van der Waals surface area contributed by atoms with Gasteiger partial charge < -0.3 is 9.47 Å². The Hall–Kier alpha value is -2.88. The molecule has 0 spiro atoms. The molecule has 0 aliphatic carbocycles. The van der Waals surface area contributed by atoms with E-state index >= 15 is 0 Å². The minimum Gasteiger partial charge on any atom is -0.461 e. The number of benzene rings is 2. The highest BCUT2D eigenvalue weighted by atomic mass is 16.5. The van der Waals surface area contributed by atoms with E-state index in [1.807, 2.05) is 38.1 Å². The molecule has 0 amide bonds. The van der Waals surface area contributed by atoms with Crippen molar-refractivity contribution < 1.29 is 14.3 Å². The molecule has 0 radical (unpaired) electrons. The van der Waals surface area contributed by atoms with Gasteiger partial charge in [-0.3, -0.25) is 0 Å². The van der Waals surface area contributed by atoms with Gasteiger partial charge in [0.25, 0.3) is 0 Å². The Morgan fingerprint density at radius 2 is 1.78 bits per heavy atom. The van der Waals surface area contributed by atoms with Crippen molar-refractivity contribution in [1.29, 1.82) is 0 Å². The topological polar surface area (TPSA) is 48.4 Å². The van der Waals surface area contributed by atoms with E-state index in [0.717, 1.165) is 46.2 Å². The maximum Gasteiger partial charge on any atom is 0.357 e. The summed E-state index contributed by atoms with van der Waals surface area (Å²) in [5.41, 5.74) is 3.76. The molecule has 0 aliphatic rings. The largest absolute Gasteiger partial charge is 0.461 e. The van der Waals surface area contributed by atoms with Crippen molar-refractivity contribution >= 4 is 16.7 Å². The van der Waals surface area contributed by atoms with E-state index in [4.69, 9.17) is 9.47 Å². The number of hydrogen-bond donors (Lipinski definition) is 0. The fraction of sp³-hybridized carbons (Fsp3) is 0.304. The van der Waals surface area contributed by atoms with E-state index in [0.29, 0.717) is 12.3 Å². The van der Waals surface area contributed by atoms with Crippen LogP contribution in [0.4, 0.5) is 0 Å². The average molecular weight is 363 g/mol. The van der Waals surface area contributed by atoms with Gasteiger partial charge in [0.15, 0.2) is 5.69 Å². The third kappa shape index (κ3) is 4.27. The maximum atomic E-state index is 12.3. The van der Waals surface area contributed by atoms with Gasteiger partial charge in [-0.05, 0) is 68.0 Å². The van der Waals surface area contributed by atoms with Crippen molar-refractivity contribution in [3.05, 3.63) is 65.0 Å². The van der Waals surface area contributed by atoms with Gasteiger partial charge in [-0.25, -0.2) is 9.78 Å². The SMILES string of the molecule is CCCCOC(=O)c1nccc2cc(Oc3c(C)cc(C)cc3C)ccc12. The molecule has 1 aromatic heterocycles. The summed E-state index contributed by atoms with van der Waals surface area (Å²) >= 11 is 0. The standard InChI is InChI=1S/C23H25NO3/c1-5-6-11-26-23(25)21-20-8-7-19(14-18(20)9-10-24-21)27-22-16(3)12-15(2)13-17(22)4/h7-10,12-14H,5-6,11H2,1-4H3. The normalized spacial score (nSPS) is 10.8. The molecule has 4 nitrogen and oxygen atoms in total. The lowest BCUT2D eigenvalue weighted by molar-refractivity contribution is 0.0495.